The van der Waals surface area contributed by atoms with Crippen LogP contribution in [-0.4, -0.2) is 31.2 Å². The fraction of sp³-hybridized carbons (Fsp3) is 0.636. The molecule has 2 rings (SSSR count). The first-order valence-corrected chi connectivity index (χ1v) is 5.07. The van der Waals surface area contributed by atoms with Crippen molar-refractivity contribution in [1.82, 2.24) is 4.90 Å². The fourth-order valence-corrected chi connectivity index (χ4v) is 1.85. The van der Waals surface area contributed by atoms with Gasteiger partial charge in [0, 0.05) is 18.8 Å². The number of ether oxygens (including phenoxy) is 1. The highest BCUT2D eigenvalue weighted by Gasteiger charge is 2.14. The molecule has 1 atom stereocenters. The third kappa shape index (κ3) is 2.13. The van der Waals surface area contributed by atoms with Crippen LogP contribution in [0.15, 0.2) is 23.9 Å². The lowest BCUT2D eigenvalue weighted by Crippen LogP contribution is -2.35. The highest BCUT2D eigenvalue weighted by molar-refractivity contribution is 5.22. The second-order valence-electron chi connectivity index (χ2n) is 3.81. The summed E-state index contributed by atoms with van der Waals surface area (Å²) >= 11 is 0. The molecule has 1 heterocycles. The van der Waals surface area contributed by atoms with Crippen LogP contribution in [0.2, 0.25) is 0 Å². The van der Waals surface area contributed by atoms with Crippen LogP contribution in [0.3, 0.4) is 0 Å². The summed E-state index contributed by atoms with van der Waals surface area (Å²) in [6.45, 7) is 6.11. The van der Waals surface area contributed by atoms with E-state index in [-0.39, 0.29) is 0 Å². The van der Waals surface area contributed by atoms with Crippen LogP contribution >= 0.6 is 0 Å². The molecule has 72 valence electrons. The van der Waals surface area contributed by atoms with Crippen LogP contribution < -0.4 is 0 Å². The van der Waals surface area contributed by atoms with Crippen LogP contribution in [-0.2, 0) is 4.74 Å². The zero-order valence-electron chi connectivity index (χ0n) is 8.20. The molecule has 1 fully saturated rings. The van der Waals surface area contributed by atoms with Gasteiger partial charge in [-0.2, -0.15) is 0 Å². The largest absolute Gasteiger partial charge is 0.378 e. The van der Waals surface area contributed by atoms with Crippen molar-refractivity contribution in [2.24, 2.45) is 5.92 Å². The number of nitrogens with zero attached hydrogens (tertiary/aromatic N) is 1. The van der Waals surface area contributed by atoms with Crippen molar-refractivity contribution in [1.29, 1.82) is 0 Å². The Morgan fingerprint density at radius 2 is 2.15 bits per heavy atom. The molecule has 1 aliphatic carbocycles. The first-order chi connectivity index (χ1) is 6.36. The maximum Gasteiger partial charge on any atom is 0.0642 e. The van der Waals surface area contributed by atoms with Gasteiger partial charge in [-0.15, -0.1) is 0 Å². The van der Waals surface area contributed by atoms with E-state index in [0.717, 1.165) is 26.3 Å². The third-order valence-corrected chi connectivity index (χ3v) is 2.63. The zero-order valence-corrected chi connectivity index (χ0v) is 8.20. The highest BCUT2D eigenvalue weighted by atomic mass is 16.5. The van der Waals surface area contributed by atoms with E-state index < -0.39 is 0 Å². The van der Waals surface area contributed by atoms with Crippen molar-refractivity contribution in [2.75, 3.05) is 26.3 Å². The zero-order chi connectivity index (χ0) is 9.10. The summed E-state index contributed by atoms with van der Waals surface area (Å²) in [5, 5.41) is 0. The molecule has 0 spiro atoms. The first kappa shape index (κ1) is 8.82. The van der Waals surface area contributed by atoms with E-state index in [1.807, 2.05) is 0 Å². The molecule has 1 saturated heterocycles. The van der Waals surface area contributed by atoms with Gasteiger partial charge in [-0.1, -0.05) is 19.1 Å². The van der Waals surface area contributed by atoms with Gasteiger partial charge < -0.3 is 9.64 Å². The van der Waals surface area contributed by atoms with E-state index in [9.17, 15) is 0 Å². The SMILES string of the molecule is C[C@H]1C=C(N2CCOCC2)C=CC1. The molecule has 0 radical (unpaired) electrons. The van der Waals surface area contributed by atoms with E-state index >= 15 is 0 Å². The Morgan fingerprint density at radius 1 is 1.38 bits per heavy atom. The van der Waals surface area contributed by atoms with Gasteiger partial charge in [0.2, 0.25) is 0 Å². The van der Waals surface area contributed by atoms with E-state index in [1.54, 1.807) is 0 Å². The monoisotopic (exact) mass is 179 g/mol. The summed E-state index contributed by atoms with van der Waals surface area (Å²) < 4.78 is 5.32. The smallest absolute Gasteiger partial charge is 0.0642 e. The second-order valence-corrected chi connectivity index (χ2v) is 3.81. The summed E-state index contributed by atoms with van der Waals surface area (Å²) in [6, 6.07) is 0. The molecule has 0 N–H and O–H groups in total. The molecular weight excluding hydrogens is 162 g/mol. The Hall–Kier alpha value is -0.760. The standard InChI is InChI=1S/C11H17NO/c1-10-3-2-4-11(9-10)12-5-7-13-8-6-12/h2,4,9-10H,3,5-8H2,1H3/t10-/m1/s1. The van der Waals surface area contributed by atoms with Crippen molar-refractivity contribution in [3.8, 4) is 0 Å². The summed E-state index contributed by atoms with van der Waals surface area (Å²) in [6.07, 6.45) is 8.07. The predicted molar refractivity (Wildman–Crippen MR) is 53.4 cm³/mol. The Kier molecular flexibility index (Phi) is 2.69. The number of allylic oxidation sites excluding steroid dienone is 3. The normalized spacial score (nSPS) is 28.8. The molecule has 1 aliphatic heterocycles. The van der Waals surface area contributed by atoms with Gasteiger partial charge in [-0.3, -0.25) is 0 Å². The summed E-state index contributed by atoms with van der Waals surface area (Å²) in [5.41, 5.74) is 1.39. The molecule has 0 unspecified atom stereocenters. The minimum absolute atomic E-state index is 0.697. The van der Waals surface area contributed by atoms with E-state index in [1.165, 1.54) is 12.1 Å². The van der Waals surface area contributed by atoms with Gasteiger partial charge in [-0.05, 0) is 18.4 Å². The van der Waals surface area contributed by atoms with Gasteiger partial charge in [0.1, 0.15) is 0 Å². The van der Waals surface area contributed by atoms with Crippen LogP contribution in [0.1, 0.15) is 13.3 Å². The van der Waals surface area contributed by atoms with E-state index in [0.29, 0.717) is 5.92 Å². The first-order valence-electron chi connectivity index (χ1n) is 5.07. The van der Waals surface area contributed by atoms with Gasteiger partial charge in [0.25, 0.3) is 0 Å². The Bertz CT molecular complexity index is 226. The molecule has 0 aromatic heterocycles. The van der Waals surface area contributed by atoms with Crippen LogP contribution in [0, 0.1) is 5.92 Å². The molecule has 2 heteroatoms. The van der Waals surface area contributed by atoms with Crippen molar-refractivity contribution < 1.29 is 4.74 Å². The Morgan fingerprint density at radius 3 is 2.85 bits per heavy atom. The average Bonchev–Trinajstić information content (AvgIpc) is 2.19. The second kappa shape index (κ2) is 3.97. The third-order valence-electron chi connectivity index (χ3n) is 2.63. The average molecular weight is 179 g/mol. The molecule has 0 aromatic carbocycles. The molecule has 0 saturated carbocycles. The summed E-state index contributed by atoms with van der Waals surface area (Å²) in [4.78, 5) is 2.41. The van der Waals surface area contributed by atoms with Crippen LogP contribution in [0.5, 0.6) is 0 Å². The van der Waals surface area contributed by atoms with Gasteiger partial charge >= 0.3 is 0 Å². The minimum Gasteiger partial charge on any atom is -0.378 e. The van der Waals surface area contributed by atoms with Crippen molar-refractivity contribution >= 4 is 0 Å². The topological polar surface area (TPSA) is 12.5 Å². The molecule has 0 bridgehead atoms. The molecule has 13 heavy (non-hydrogen) atoms. The van der Waals surface area contributed by atoms with Gasteiger partial charge in [0.15, 0.2) is 0 Å². The predicted octanol–water partition coefficient (Wildman–Crippen LogP) is 1.80. The van der Waals surface area contributed by atoms with Crippen LogP contribution in [0.25, 0.3) is 0 Å². The molecular formula is C11H17NO. The van der Waals surface area contributed by atoms with Crippen molar-refractivity contribution in [3.05, 3.63) is 23.9 Å². The van der Waals surface area contributed by atoms with Crippen molar-refractivity contribution in [2.45, 2.75) is 13.3 Å². The van der Waals surface area contributed by atoms with Crippen molar-refractivity contribution in [3.63, 3.8) is 0 Å². The Labute approximate surface area is 79.9 Å². The number of hydrogen-bond acceptors (Lipinski definition) is 2. The maximum absolute atomic E-state index is 5.32. The number of rotatable bonds is 1. The summed E-state index contributed by atoms with van der Waals surface area (Å²) in [5.74, 6) is 0.697. The fourth-order valence-electron chi connectivity index (χ4n) is 1.85. The molecule has 0 aromatic rings. The Balaban J connectivity index is 2.02. The lowest BCUT2D eigenvalue weighted by Gasteiger charge is -2.31. The lowest BCUT2D eigenvalue weighted by atomic mass is 10.0. The molecule has 2 aliphatic rings. The highest BCUT2D eigenvalue weighted by Crippen LogP contribution is 2.19. The minimum atomic E-state index is 0.697. The quantitative estimate of drug-likeness (QED) is 0.608. The van der Waals surface area contributed by atoms with Gasteiger partial charge in [-0.25, -0.2) is 0 Å². The molecule has 0 amide bonds. The summed E-state index contributed by atoms with van der Waals surface area (Å²) in [7, 11) is 0. The van der Waals surface area contributed by atoms with E-state index in [2.05, 4.69) is 30.1 Å². The number of morpholine rings is 1. The van der Waals surface area contributed by atoms with E-state index in [4.69, 9.17) is 4.74 Å². The van der Waals surface area contributed by atoms with Crippen LogP contribution in [0.4, 0.5) is 0 Å². The molecule has 2 nitrogen and oxygen atoms in total. The van der Waals surface area contributed by atoms with Gasteiger partial charge in [0.05, 0.1) is 13.2 Å². The lowest BCUT2D eigenvalue weighted by molar-refractivity contribution is 0.0549. The maximum atomic E-state index is 5.32. The number of hydrogen-bond donors (Lipinski definition) is 0.